The van der Waals surface area contributed by atoms with Gasteiger partial charge < -0.3 is 10.6 Å². The van der Waals surface area contributed by atoms with E-state index in [1.807, 2.05) is 0 Å². The maximum atomic E-state index is 11.0. The monoisotopic (exact) mass is 187 g/mol. The van der Waals surface area contributed by atoms with Gasteiger partial charge in [0.25, 0.3) is 0 Å². The van der Waals surface area contributed by atoms with E-state index in [4.69, 9.17) is 5.73 Å². The van der Waals surface area contributed by atoms with Crippen molar-refractivity contribution in [3.05, 3.63) is 4.91 Å². The van der Waals surface area contributed by atoms with Crippen molar-refractivity contribution in [3.8, 4) is 0 Å². The van der Waals surface area contributed by atoms with Crippen molar-refractivity contribution < 1.29 is 9.59 Å². The quantitative estimate of drug-likeness (QED) is 0.599. The Morgan fingerprint density at radius 1 is 1.46 bits per heavy atom. The maximum Gasteiger partial charge on any atom is 0.302 e. The van der Waals surface area contributed by atoms with Gasteiger partial charge in [-0.15, -0.1) is 4.91 Å². The van der Waals surface area contributed by atoms with Crippen LogP contribution in [-0.4, -0.2) is 36.9 Å². The predicted octanol–water partition coefficient (Wildman–Crippen LogP) is -0.525. The predicted molar refractivity (Wildman–Crippen MR) is 46.7 cm³/mol. The molecular formula is C7H13N3O3. The second-order valence-electron chi connectivity index (χ2n) is 2.86. The molecule has 0 saturated heterocycles. The number of carbonyl (C=O) groups excluding carboxylic acids is 2. The van der Waals surface area contributed by atoms with Crippen LogP contribution in [0.1, 0.15) is 12.8 Å². The van der Waals surface area contributed by atoms with Crippen molar-refractivity contribution in [1.29, 1.82) is 0 Å². The molecule has 6 nitrogen and oxygen atoms in total. The van der Waals surface area contributed by atoms with Crippen molar-refractivity contribution in [2.45, 2.75) is 18.9 Å². The van der Waals surface area contributed by atoms with Crippen LogP contribution in [0.5, 0.6) is 0 Å². The Labute approximate surface area is 76.0 Å². The molecule has 0 aromatic rings. The van der Waals surface area contributed by atoms with E-state index >= 15 is 0 Å². The molecule has 0 fully saturated rings. The molecule has 0 aliphatic carbocycles. The molecule has 0 saturated carbocycles. The molecule has 0 heterocycles. The van der Waals surface area contributed by atoms with Crippen LogP contribution in [0.25, 0.3) is 0 Å². The molecule has 0 aromatic heterocycles. The van der Waals surface area contributed by atoms with Crippen LogP contribution >= 0.6 is 0 Å². The minimum atomic E-state index is -0.957. The fourth-order valence-electron chi connectivity index (χ4n) is 0.694. The molecule has 0 spiro atoms. The van der Waals surface area contributed by atoms with Gasteiger partial charge in [-0.05, 0) is 6.42 Å². The molecule has 2 amide bonds. The fraction of sp³-hybridized carbons (Fsp3) is 0.714. The zero-order valence-corrected chi connectivity index (χ0v) is 7.69. The third-order valence-corrected chi connectivity index (χ3v) is 1.58. The molecule has 1 atom stereocenters. The number of rotatable bonds is 4. The number of nitroso groups, excluding NO2 is 1. The first-order valence-corrected chi connectivity index (χ1v) is 3.82. The van der Waals surface area contributed by atoms with Crippen LogP contribution in [0.4, 0.5) is 0 Å². The molecule has 0 bridgehead atoms. The first-order chi connectivity index (χ1) is 5.99. The number of hydrogen-bond acceptors (Lipinski definition) is 4. The first-order valence-electron chi connectivity index (χ1n) is 3.82. The molecule has 0 radical (unpaired) electrons. The van der Waals surface area contributed by atoms with Crippen molar-refractivity contribution in [3.63, 3.8) is 0 Å². The fourth-order valence-corrected chi connectivity index (χ4v) is 0.694. The summed E-state index contributed by atoms with van der Waals surface area (Å²) in [7, 11) is 3.21. The molecule has 2 N–H and O–H groups in total. The molecule has 0 unspecified atom stereocenters. The van der Waals surface area contributed by atoms with Gasteiger partial charge in [-0.2, -0.15) is 0 Å². The summed E-state index contributed by atoms with van der Waals surface area (Å²) in [6.07, 6.45) is 0.303. The van der Waals surface area contributed by atoms with Crippen LogP contribution < -0.4 is 5.73 Å². The van der Waals surface area contributed by atoms with Gasteiger partial charge in [0.15, 0.2) is 0 Å². The molecule has 0 aliphatic heterocycles. The van der Waals surface area contributed by atoms with E-state index in [1.54, 1.807) is 14.1 Å². The van der Waals surface area contributed by atoms with E-state index in [1.165, 1.54) is 4.90 Å². The third kappa shape index (κ3) is 4.32. The summed E-state index contributed by atoms with van der Waals surface area (Å²) in [6.45, 7) is 0. The van der Waals surface area contributed by atoms with E-state index in [0.29, 0.717) is 0 Å². The van der Waals surface area contributed by atoms with E-state index in [9.17, 15) is 14.5 Å². The summed E-state index contributed by atoms with van der Waals surface area (Å²) in [5.74, 6) is -1.04. The minimum Gasteiger partial charge on any atom is -0.349 e. The van der Waals surface area contributed by atoms with Crippen LogP contribution in [0, 0.1) is 4.91 Å². The van der Waals surface area contributed by atoms with Crippen LogP contribution in [-0.2, 0) is 9.59 Å². The minimum absolute atomic E-state index is 0.130. The van der Waals surface area contributed by atoms with Gasteiger partial charge in [-0.3, -0.25) is 9.59 Å². The Balaban J connectivity index is 3.82. The van der Waals surface area contributed by atoms with Crippen molar-refractivity contribution in [1.82, 2.24) is 4.90 Å². The number of hydrogen-bond donors (Lipinski definition) is 1. The van der Waals surface area contributed by atoms with E-state index in [2.05, 4.69) is 5.18 Å². The average Bonchev–Trinajstić information content (AvgIpc) is 2.11. The summed E-state index contributed by atoms with van der Waals surface area (Å²) in [5, 5.41) is 2.17. The lowest BCUT2D eigenvalue weighted by Gasteiger charge is -2.10. The summed E-state index contributed by atoms with van der Waals surface area (Å²) in [5.41, 5.74) is 5.26. The SMILES string of the molecule is CN(C)C(=O)CC[C@H](N)C(=O)N=O. The van der Waals surface area contributed by atoms with Crippen LogP contribution in [0.2, 0.25) is 0 Å². The number of nitrogens with zero attached hydrogens (tertiary/aromatic N) is 2. The van der Waals surface area contributed by atoms with Gasteiger partial charge in [-0.1, -0.05) is 0 Å². The molecule has 0 aliphatic rings. The molecule has 74 valence electrons. The average molecular weight is 187 g/mol. The molecular weight excluding hydrogens is 174 g/mol. The highest BCUT2D eigenvalue weighted by Gasteiger charge is 2.15. The molecule has 0 aromatic carbocycles. The molecule has 0 rings (SSSR count). The standard InChI is InChI=1S/C7H13N3O3/c1-10(2)6(11)4-3-5(8)7(12)9-13/h5H,3-4,8H2,1-2H3/t5-/m0/s1. The third-order valence-electron chi connectivity index (χ3n) is 1.58. The zero-order valence-electron chi connectivity index (χ0n) is 7.69. The van der Waals surface area contributed by atoms with Gasteiger partial charge >= 0.3 is 5.91 Å². The Morgan fingerprint density at radius 3 is 2.38 bits per heavy atom. The van der Waals surface area contributed by atoms with Gasteiger partial charge in [0.05, 0.1) is 6.04 Å². The van der Waals surface area contributed by atoms with E-state index in [-0.39, 0.29) is 18.7 Å². The van der Waals surface area contributed by atoms with Crippen molar-refractivity contribution in [2.75, 3.05) is 14.1 Å². The number of amides is 2. The van der Waals surface area contributed by atoms with Gasteiger partial charge in [0.2, 0.25) is 5.91 Å². The second kappa shape index (κ2) is 5.36. The summed E-state index contributed by atoms with van der Waals surface area (Å²) < 4.78 is 0. The Morgan fingerprint density at radius 2 is 2.00 bits per heavy atom. The lowest BCUT2D eigenvalue weighted by atomic mass is 10.1. The zero-order chi connectivity index (χ0) is 10.4. The largest absolute Gasteiger partial charge is 0.349 e. The number of nitrogens with two attached hydrogens (primary N) is 1. The summed E-state index contributed by atoms with van der Waals surface area (Å²) in [6, 6.07) is -0.957. The van der Waals surface area contributed by atoms with Crippen LogP contribution in [0.3, 0.4) is 0 Å². The highest BCUT2D eigenvalue weighted by Crippen LogP contribution is 1.98. The van der Waals surface area contributed by atoms with Gasteiger partial charge in [-0.25, -0.2) is 0 Å². The highest BCUT2D eigenvalue weighted by molar-refractivity contribution is 5.83. The van der Waals surface area contributed by atoms with Gasteiger partial charge in [0.1, 0.15) is 0 Å². The number of carbonyl (C=O) groups is 2. The summed E-state index contributed by atoms with van der Waals surface area (Å²) in [4.78, 5) is 32.7. The second-order valence-corrected chi connectivity index (χ2v) is 2.86. The maximum absolute atomic E-state index is 11.0. The van der Waals surface area contributed by atoms with Crippen molar-refractivity contribution >= 4 is 11.8 Å². The smallest absolute Gasteiger partial charge is 0.302 e. The van der Waals surface area contributed by atoms with Gasteiger partial charge in [0, 0.05) is 25.7 Å². The normalized spacial score (nSPS) is 11.9. The molecule has 13 heavy (non-hydrogen) atoms. The Bertz CT molecular complexity index is 215. The summed E-state index contributed by atoms with van der Waals surface area (Å²) >= 11 is 0. The Hall–Kier alpha value is -1.30. The van der Waals surface area contributed by atoms with E-state index in [0.717, 1.165) is 0 Å². The van der Waals surface area contributed by atoms with Crippen LogP contribution in [0.15, 0.2) is 5.18 Å². The van der Waals surface area contributed by atoms with Crippen molar-refractivity contribution in [2.24, 2.45) is 10.9 Å². The highest BCUT2D eigenvalue weighted by atomic mass is 16.3. The lowest BCUT2D eigenvalue weighted by Crippen LogP contribution is -2.31. The lowest BCUT2D eigenvalue weighted by molar-refractivity contribution is -0.129. The van der Waals surface area contributed by atoms with E-state index < -0.39 is 11.9 Å². The topological polar surface area (TPSA) is 92.8 Å². The Kier molecular flexibility index (Phi) is 4.83. The molecule has 6 heteroatoms. The first kappa shape index (κ1) is 11.7.